The van der Waals surface area contributed by atoms with Crippen molar-refractivity contribution in [3.05, 3.63) is 57.5 Å². The van der Waals surface area contributed by atoms with Crippen molar-refractivity contribution in [2.45, 2.75) is 33.2 Å². The topological polar surface area (TPSA) is 66.8 Å². The molecule has 0 aliphatic carbocycles. The molecule has 0 radical (unpaired) electrons. The van der Waals surface area contributed by atoms with Gasteiger partial charge in [-0.1, -0.05) is 13.8 Å². The van der Waals surface area contributed by atoms with E-state index in [1.54, 1.807) is 31.4 Å². The number of nitrogens with zero attached hydrogens (tertiary/aromatic N) is 1. The number of ketones is 1. The Hall–Kier alpha value is -2.60. The molecule has 2 heterocycles. The molecule has 1 aliphatic rings. The second-order valence-corrected chi connectivity index (χ2v) is 7.97. The summed E-state index contributed by atoms with van der Waals surface area (Å²) in [6.45, 7) is 5.83. The van der Waals surface area contributed by atoms with Gasteiger partial charge in [0.2, 0.25) is 0 Å². The van der Waals surface area contributed by atoms with E-state index in [1.807, 2.05) is 32.2 Å². The number of hydrogen-bond donors (Lipinski definition) is 1. The van der Waals surface area contributed by atoms with Crippen molar-refractivity contribution in [2.24, 2.45) is 5.92 Å². The van der Waals surface area contributed by atoms with E-state index in [-0.39, 0.29) is 23.7 Å². The fourth-order valence-corrected chi connectivity index (χ4v) is 4.32. The van der Waals surface area contributed by atoms with E-state index in [0.717, 1.165) is 10.4 Å². The van der Waals surface area contributed by atoms with Gasteiger partial charge in [-0.25, -0.2) is 0 Å². The molecule has 1 N–H and O–H groups in total. The molecule has 2 aromatic rings. The summed E-state index contributed by atoms with van der Waals surface area (Å²) >= 11 is 1.48. The van der Waals surface area contributed by atoms with Crippen LogP contribution in [0.25, 0.3) is 0 Å². The molecule has 1 aromatic heterocycles. The molecule has 27 heavy (non-hydrogen) atoms. The van der Waals surface area contributed by atoms with E-state index < -0.39 is 17.7 Å². The third kappa shape index (κ3) is 3.49. The fourth-order valence-electron chi connectivity index (χ4n) is 3.29. The van der Waals surface area contributed by atoms with Crippen LogP contribution in [0, 0.1) is 12.8 Å². The molecule has 142 valence electrons. The number of Topliss-reactive ketones (excluding diaryl/α,β-unsaturated/α-hetero) is 1. The van der Waals surface area contributed by atoms with Gasteiger partial charge in [-0.15, -0.1) is 11.3 Å². The Morgan fingerprint density at radius 3 is 2.44 bits per heavy atom. The Labute approximate surface area is 162 Å². The molecular weight excluding hydrogens is 362 g/mol. The highest BCUT2D eigenvalue weighted by Gasteiger charge is 2.45. The van der Waals surface area contributed by atoms with Crippen LogP contribution in [0.3, 0.4) is 0 Å². The zero-order valence-electron chi connectivity index (χ0n) is 15.9. The van der Waals surface area contributed by atoms with Crippen LogP contribution in [0.1, 0.15) is 36.8 Å². The summed E-state index contributed by atoms with van der Waals surface area (Å²) in [4.78, 5) is 28.2. The standard InChI is InChI=1S/C21H23NO4S/c1-12(2)11-16(23)17-18(20-13(3)9-10-27-20)22(21(25)19(17)24)14-5-7-15(26-4)8-6-14/h5-10,12,18,24H,11H2,1-4H3. The maximum atomic E-state index is 12.9. The molecule has 0 spiro atoms. The molecule has 1 atom stereocenters. The summed E-state index contributed by atoms with van der Waals surface area (Å²) in [6.07, 6.45) is 0.282. The van der Waals surface area contributed by atoms with Crippen molar-refractivity contribution in [3.63, 3.8) is 0 Å². The molecule has 5 nitrogen and oxygen atoms in total. The van der Waals surface area contributed by atoms with Gasteiger partial charge >= 0.3 is 0 Å². The van der Waals surface area contributed by atoms with Crippen LogP contribution in [0.4, 0.5) is 5.69 Å². The molecule has 1 aliphatic heterocycles. The zero-order chi connectivity index (χ0) is 19.7. The zero-order valence-corrected chi connectivity index (χ0v) is 16.7. The van der Waals surface area contributed by atoms with Crippen LogP contribution >= 0.6 is 11.3 Å². The molecule has 0 bridgehead atoms. The first-order valence-electron chi connectivity index (χ1n) is 8.83. The number of thiophene rings is 1. The molecule has 0 saturated heterocycles. The van der Waals surface area contributed by atoms with Gasteiger partial charge in [0, 0.05) is 17.0 Å². The van der Waals surface area contributed by atoms with E-state index in [0.29, 0.717) is 11.4 Å². The Bertz CT molecular complexity index is 895. The average Bonchev–Trinajstić information content (AvgIpc) is 3.16. The van der Waals surface area contributed by atoms with E-state index in [9.17, 15) is 14.7 Å². The Morgan fingerprint density at radius 1 is 1.26 bits per heavy atom. The number of carbonyl (C=O) groups is 2. The number of amides is 1. The van der Waals surface area contributed by atoms with Crippen LogP contribution in [0.2, 0.25) is 0 Å². The van der Waals surface area contributed by atoms with Gasteiger partial charge in [-0.2, -0.15) is 0 Å². The van der Waals surface area contributed by atoms with Crippen molar-refractivity contribution in [3.8, 4) is 5.75 Å². The Morgan fingerprint density at radius 2 is 1.93 bits per heavy atom. The van der Waals surface area contributed by atoms with Crippen LogP contribution in [0.5, 0.6) is 5.75 Å². The highest BCUT2D eigenvalue weighted by Crippen LogP contribution is 2.44. The predicted octanol–water partition coefficient (Wildman–Crippen LogP) is 4.58. The first-order chi connectivity index (χ1) is 12.8. The largest absolute Gasteiger partial charge is 0.503 e. The fraction of sp³-hybridized carbons (Fsp3) is 0.333. The minimum atomic E-state index is -0.614. The number of rotatable bonds is 6. The second kappa shape index (κ2) is 7.56. The Balaban J connectivity index is 2.11. The minimum Gasteiger partial charge on any atom is -0.503 e. The number of methoxy groups -OCH3 is 1. The van der Waals surface area contributed by atoms with Gasteiger partial charge in [0.1, 0.15) is 11.8 Å². The second-order valence-electron chi connectivity index (χ2n) is 7.03. The molecule has 1 unspecified atom stereocenters. The number of anilines is 1. The van der Waals surface area contributed by atoms with Crippen LogP contribution in [0.15, 0.2) is 47.0 Å². The quantitative estimate of drug-likeness (QED) is 0.790. The lowest BCUT2D eigenvalue weighted by molar-refractivity contribution is -0.118. The predicted molar refractivity (Wildman–Crippen MR) is 106 cm³/mol. The summed E-state index contributed by atoms with van der Waals surface area (Å²) in [5.74, 6) is -0.389. The number of benzene rings is 1. The number of aliphatic hydroxyl groups is 1. The number of ether oxygens (including phenoxy) is 1. The monoisotopic (exact) mass is 385 g/mol. The van der Waals surface area contributed by atoms with Crippen molar-refractivity contribution < 1.29 is 19.4 Å². The first kappa shape index (κ1) is 19.2. The third-order valence-electron chi connectivity index (χ3n) is 4.60. The number of aliphatic hydroxyl groups excluding tert-OH is 1. The lowest BCUT2D eigenvalue weighted by Gasteiger charge is -2.26. The summed E-state index contributed by atoms with van der Waals surface area (Å²) in [7, 11) is 1.57. The van der Waals surface area contributed by atoms with E-state index in [4.69, 9.17) is 4.74 Å². The summed E-state index contributed by atoms with van der Waals surface area (Å²) < 4.78 is 5.19. The molecule has 0 fully saturated rings. The Kier molecular flexibility index (Phi) is 5.37. The van der Waals surface area contributed by atoms with Crippen LogP contribution < -0.4 is 9.64 Å². The van der Waals surface area contributed by atoms with Gasteiger partial charge in [0.05, 0.1) is 12.7 Å². The van der Waals surface area contributed by atoms with Crippen molar-refractivity contribution in [1.82, 2.24) is 0 Å². The van der Waals surface area contributed by atoms with Crippen molar-refractivity contribution in [2.75, 3.05) is 12.0 Å². The molecule has 0 saturated carbocycles. The smallest absolute Gasteiger partial charge is 0.294 e. The lowest BCUT2D eigenvalue weighted by Crippen LogP contribution is -2.31. The van der Waals surface area contributed by atoms with Crippen LogP contribution in [-0.4, -0.2) is 23.9 Å². The molecule has 1 aromatic carbocycles. The van der Waals surface area contributed by atoms with Gasteiger partial charge in [0.15, 0.2) is 11.5 Å². The molecule has 3 rings (SSSR count). The molecular formula is C21H23NO4S. The summed E-state index contributed by atoms with van der Waals surface area (Å²) in [5.41, 5.74) is 1.79. The van der Waals surface area contributed by atoms with Gasteiger partial charge in [-0.3, -0.25) is 14.5 Å². The van der Waals surface area contributed by atoms with Crippen molar-refractivity contribution in [1.29, 1.82) is 0 Å². The highest BCUT2D eigenvalue weighted by atomic mass is 32.1. The number of carbonyl (C=O) groups excluding carboxylic acids is 2. The molecule has 6 heteroatoms. The van der Waals surface area contributed by atoms with Gasteiger partial charge in [-0.05, 0) is 54.1 Å². The van der Waals surface area contributed by atoms with E-state index >= 15 is 0 Å². The van der Waals surface area contributed by atoms with Gasteiger partial charge in [0.25, 0.3) is 5.91 Å². The number of aryl methyl sites for hydroxylation is 1. The normalized spacial score (nSPS) is 17.1. The SMILES string of the molecule is COc1ccc(N2C(=O)C(O)=C(C(=O)CC(C)C)C2c2sccc2C)cc1. The first-order valence-corrected chi connectivity index (χ1v) is 9.71. The van der Waals surface area contributed by atoms with Gasteiger partial charge < -0.3 is 9.84 Å². The summed E-state index contributed by atoms with van der Waals surface area (Å²) in [5, 5.41) is 12.5. The highest BCUT2D eigenvalue weighted by molar-refractivity contribution is 7.10. The molecule has 1 amide bonds. The van der Waals surface area contributed by atoms with E-state index in [1.165, 1.54) is 16.2 Å². The van der Waals surface area contributed by atoms with Crippen molar-refractivity contribution >= 4 is 28.7 Å². The lowest BCUT2D eigenvalue weighted by atomic mass is 9.94. The average molecular weight is 385 g/mol. The number of hydrogen-bond acceptors (Lipinski definition) is 5. The maximum absolute atomic E-state index is 12.9. The minimum absolute atomic E-state index is 0.132. The summed E-state index contributed by atoms with van der Waals surface area (Å²) in [6, 6.07) is 8.37. The maximum Gasteiger partial charge on any atom is 0.294 e. The van der Waals surface area contributed by atoms with Crippen LogP contribution in [-0.2, 0) is 9.59 Å². The van der Waals surface area contributed by atoms with E-state index in [2.05, 4.69) is 0 Å². The third-order valence-corrected chi connectivity index (χ3v) is 5.67.